The Hall–Kier alpha value is -2.14. The summed E-state index contributed by atoms with van der Waals surface area (Å²) in [7, 11) is -4.30. The van der Waals surface area contributed by atoms with Gasteiger partial charge in [0, 0.05) is 0 Å². The smallest absolute Gasteiger partial charge is 0.325 e. The maximum absolute atomic E-state index is 13.2. The molecule has 0 saturated carbocycles. The first kappa shape index (κ1) is 22.5. The number of para-hydroxylation sites is 1. The molecule has 162 valence electrons. The van der Waals surface area contributed by atoms with Crippen molar-refractivity contribution in [3.05, 3.63) is 59.1 Å². The van der Waals surface area contributed by atoms with Gasteiger partial charge in [0.05, 0.1) is 47.3 Å². The van der Waals surface area contributed by atoms with Crippen LogP contribution in [0.4, 0.5) is 18.9 Å². The standard InChI is InChI=1S/C19H19ClF3N3O3S/c20-15-6-2-3-7-16(15)24-18(27)13-25-9-11-26(12-10-25)30(28,29)17-8-4-1-5-14(17)19(21,22)23/h1-8H,9-13H2,(H,24,27)/p+1. The molecule has 2 aromatic rings. The number of hydrogen-bond donors (Lipinski definition) is 2. The van der Waals surface area contributed by atoms with Gasteiger partial charge in [-0.3, -0.25) is 4.79 Å². The Morgan fingerprint density at radius 3 is 2.30 bits per heavy atom. The van der Waals surface area contributed by atoms with Gasteiger partial charge >= 0.3 is 6.18 Å². The number of piperazine rings is 1. The maximum Gasteiger partial charge on any atom is 0.417 e. The quantitative estimate of drug-likeness (QED) is 0.713. The summed E-state index contributed by atoms with van der Waals surface area (Å²) in [6.45, 7) is 0.720. The van der Waals surface area contributed by atoms with Crippen LogP contribution >= 0.6 is 11.6 Å². The number of carbonyl (C=O) groups is 1. The first-order valence-corrected chi connectivity index (χ1v) is 10.9. The van der Waals surface area contributed by atoms with Crippen molar-refractivity contribution in [1.29, 1.82) is 0 Å². The zero-order valence-corrected chi connectivity index (χ0v) is 17.3. The summed E-state index contributed by atoms with van der Waals surface area (Å²) >= 11 is 6.01. The summed E-state index contributed by atoms with van der Waals surface area (Å²) in [6.07, 6.45) is -4.77. The molecule has 1 aliphatic heterocycles. The molecule has 30 heavy (non-hydrogen) atoms. The number of anilines is 1. The average Bonchev–Trinajstić information content (AvgIpc) is 2.69. The average molecular weight is 463 g/mol. The molecule has 0 unspecified atom stereocenters. The molecule has 0 spiro atoms. The van der Waals surface area contributed by atoms with Crippen LogP contribution in [0.1, 0.15) is 5.56 Å². The van der Waals surface area contributed by atoms with Gasteiger partial charge in [-0.25, -0.2) is 8.42 Å². The molecular formula is C19H20ClF3N3O3S+. The van der Waals surface area contributed by atoms with Gasteiger partial charge < -0.3 is 10.2 Å². The first-order valence-electron chi connectivity index (χ1n) is 9.13. The van der Waals surface area contributed by atoms with Crippen molar-refractivity contribution in [3.8, 4) is 0 Å². The largest absolute Gasteiger partial charge is 0.417 e. The lowest BCUT2D eigenvalue weighted by Gasteiger charge is -2.31. The predicted molar refractivity (Wildman–Crippen MR) is 106 cm³/mol. The molecule has 0 bridgehead atoms. The lowest BCUT2D eigenvalue weighted by Crippen LogP contribution is -3.15. The van der Waals surface area contributed by atoms with E-state index in [0.717, 1.165) is 27.4 Å². The van der Waals surface area contributed by atoms with E-state index in [-0.39, 0.29) is 25.5 Å². The molecule has 3 rings (SSSR count). The fourth-order valence-electron chi connectivity index (χ4n) is 3.27. The molecule has 0 aromatic heterocycles. The number of hydrogen-bond acceptors (Lipinski definition) is 3. The summed E-state index contributed by atoms with van der Waals surface area (Å²) in [4.78, 5) is 12.3. The zero-order valence-electron chi connectivity index (χ0n) is 15.7. The fourth-order valence-corrected chi connectivity index (χ4v) is 5.11. The van der Waals surface area contributed by atoms with Crippen molar-refractivity contribution >= 4 is 33.2 Å². The topological polar surface area (TPSA) is 70.9 Å². The van der Waals surface area contributed by atoms with Crippen LogP contribution in [0.25, 0.3) is 0 Å². The summed E-state index contributed by atoms with van der Waals surface area (Å²) in [6, 6.07) is 10.9. The maximum atomic E-state index is 13.2. The van der Waals surface area contributed by atoms with Crippen LogP contribution in [-0.2, 0) is 21.0 Å². The Labute approximate surface area is 177 Å². The Kier molecular flexibility index (Phi) is 6.71. The fraction of sp³-hybridized carbons (Fsp3) is 0.316. The van der Waals surface area contributed by atoms with Crippen LogP contribution in [-0.4, -0.2) is 51.4 Å². The van der Waals surface area contributed by atoms with E-state index in [1.165, 1.54) is 6.07 Å². The van der Waals surface area contributed by atoms with Crippen LogP contribution in [0.2, 0.25) is 5.02 Å². The second-order valence-electron chi connectivity index (χ2n) is 6.85. The molecule has 0 aliphatic carbocycles. The number of benzene rings is 2. The van der Waals surface area contributed by atoms with Crippen LogP contribution in [0.3, 0.4) is 0 Å². The summed E-state index contributed by atoms with van der Waals surface area (Å²) in [5, 5.41) is 3.10. The zero-order chi connectivity index (χ0) is 21.9. The molecule has 1 fully saturated rings. The Bertz CT molecular complexity index is 1020. The number of halogens is 4. The molecule has 11 heteroatoms. The van der Waals surface area contributed by atoms with Crippen LogP contribution in [0, 0.1) is 0 Å². The highest BCUT2D eigenvalue weighted by Crippen LogP contribution is 2.35. The lowest BCUT2D eigenvalue weighted by atomic mass is 10.2. The van der Waals surface area contributed by atoms with Crippen molar-refractivity contribution in [2.45, 2.75) is 11.1 Å². The Morgan fingerprint density at radius 1 is 1.07 bits per heavy atom. The highest BCUT2D eigenvalue weighted by atomic mass is 35.5. The monoisotopic (exact) mass is 462 g/mol. The van der Waals surface area contributed by atoms with Gasteiger partial charge in [0.2, 0.25) is 10.0 Å². The Balaban J connectivity index is 1.63. The van der Waals surface area contributed by atoms with Crippen molar-refractivity contribution in [2.75, 3.05) is 38.0 Å². The number of carbonyl (C=O) groups excluding carboxylic acids is 1. The number of nitrogens with one attached hydrogen (secondary N) is 2. The van der Waals surface area contributed by atoms with Crippen molar-refractivity contribution in [1.82, 2.24) is 4.31 Å². The molecule has 6 nitrogen and oxygen atoms in total. The summed E-state index contributed by atoms with van der Waals surface area (Å²) in [5.74, 6) is -0.281. The minimum absolute atomic E-state index is 0.0171. The molecular weight excluding hydrogens is 443 g/mol. The number of alkyl halides is 3. The van der Waals surface area contributed by atoms with E-state index in [2.05, 4.69) is 5.32 Å². The first-order chi connectivity index (χ1) is 14.1. The highest BCUT2D eigenvalue weighted by Gasteiger charge is 2.40. The van der Waals surface area contributed by atoms with E-state index >= 15 is 0 Å². The molecule has 1 saturated heterocycles. The van der Waals surface area contributed by atoms with Crippen molar-refractivity contribution < 1.29 is 31.3 Å². The molecule has 1 amide bonds. The number of nitrogens with zero attached hydrogens (tertiary/aromatic N) is 1. The number of sulfonamides is 1. The highest BCUT2D eigenvalue weighted by molar-refractivity contribution is 7.89. The van der Waals surface area contributed by atoms with Gasteiger partial charge in [0.15, 0.2) is 6.54 Å². The van der Waals surface area contributed by atoms with E-state index in [1.807, 2.05) is 0 Å². The van der Waals surface area contributed by atoms with Gasteiger partial charge in [0.25, 0.3) is 5.91 Å². The normalized spacial score (nSPS) is 16.4. The lowest BCUT2D eigenvalue weighted by molar-refractivity contribution is -0.895. The second kappa shape index (κ2) is 8.93. The van der Waals surface area contributed by atoms with E-state index < -0.39 is 26.7 Å². The predicted octanol–water partition coefficient (Wildman–Crippen LogP) is 1.89. The van der Waals surface area contributed by atoms with Crippen LogP contribution in [0.5, 0.6) is 0 Å². The third kappa shape index (κ3) is 5.12. The van der Waals surface area contributed by atoms with Crippen LogP contribution in [0.15, 0.2) is 53.4 Å². The SMILES string of the molecule is O=C(C[NH+]1CCN(S(=O)(=O)c2ccccc2C(F)(F)F)CC1)Nc1ccccc1Cl. The van der Waals surface area contributed by atoms with Gasteiger partial charge in [-0.05, 0) is 24.3 Å². The molecule has 2 N–H and O–H groups in total. The Morgan fingerprint density at radius 2 is 1.67 bits per heavy atom. The molecule has 1 aliphatic rings. The van der Waals surface area contributed by atoms with Crippen molar-refractivity contribution in [3.63, 3.8) is 0 Å². The molecule has 2 aromatic carbocycles. The van der Waals surface area contributed by atoms with E-state index in [0.29, 0.717) is 23.8 Å². The van der Waals surface area contributed by atoms with E-state index in [1.54, 1.807) is 24.3 Å². The number of rotatable bonds is 5. The van der Waals surface area contributed by atoms with Crippen LogP contribution < -0.4 is 10.2 Å². The number of quaternary nitrogens is 1. The summed E-state index contributed by atoms with van der Waals surface area (Å²) in [5.41, 5.74) is -0.701. The molecule has 0 atom stereocenters. The minimum atomic E-state index is -4.77. The molecule has 1 heterocycles. The summed E-state index contributed by atoms with van der Waals surface area (Å²) < 4.78 is 66.3. The van der Waals surface area contributed by atoms with Gasteiger partial charge in [-0.1, -0.05) is 35.9 Å². The second-order valence-corrected chi connectivity index (χ2v) is 9.17. The van der Waals surface area contributed by atoms with E-state index in [9.17, 15) is 26.4 Å². The van der Waals surface area contributed by atoms with Gasteiger partial charge in [0.1, 0.15) is 0 Å². The van der Waals surface area contributed by atoms with Crippen molar-refractivity contribution in [2.24, 2.45) is 0 Å². The van der Waals surface area contributed by atoms with Gasteiger partial charge in [-0.15, -0.1) is 0 Å². The van der Waals surface area contributed by atoms with Gasteiger partial charge in [-0.2, -0.15) is 17.5 Å². The number of amides is 1. The third-order valence-corrected chi connectivity index (χ3v) is 7.08. The molecule has 0 radical (unpaired) electrons. The third-order valence-electron chi connectivity index (χ3n) is 4.80. The van der Waals surface area contributed by atoms with E-state index in [4.69, 9.17) is 11.6 Å². The minimum Gasteiger partial charge on any atom is -0.325 e.